The summed E-state index contributed by atoms with van der Waals surface area (Å²) in [6.07, 6.45) is 0. The molecule has 0 saturated carbocycles. The standard InChI is InChI=1S/C8H9NO4S.ClH/c1-6(10)9-7-4-2-3-5-8(7)14(11,12)13;/h2-5H,1H3,(H,9,10)(H,11,12,13);1H. The van der Waals surface area contributed by atoms with Gasteiger partial charge in [0, 0.05) is 6.92 Å². The molecule has 1 rings (SSSR count). The normalized spacial score (nSPS) is 10.3. The first-order valence-electron chi connectivity index (χ1n) is 3.75. The van der Waals surface area contributed by atoms with Crippen molar-refractivity contribution in [1.82, 2.24) is 0 Å². The van der Waals surface area contributed by atoms with Crippen LogP contribution in [0.2, 0.25) is 0 Å². The first kappa shape index (κ1) is 13.9. The average Bonchev–Trinajstić information content (AvgIpc) is 2.01. The number of para-hydroxylation sites is 1. The number of hydrogen-bond acceptors (Lipinski definition) is 3. The minimum Gasteiger partial charge on any atom is -0.325 e. The SMILES string of the molecule is CC(=O)Nc1ccccc1S(=O)(=O)O.Cl. The summed E-state index contributed by atoms with van der Waals surface area (Å²) in [5, 5.41) is 2.30. The average molecular weight is 252 g/mol. The van der Waals surface area contributed by atoms with E-state index in [4.69, 9.17) is 4.55 Å². The fourth-order valence-corrected chi connectivity index (χ4v) is 1.63. The molecule has 1 aromatic carbocycles. The van der Waals surface area contributed by atoms with Gasteiger partial charge in [-0.3, -0.25) is 9.35 Å². The molecule has 0 fully saturated rings. The van der Waals surface area contributed by atoms with E-state index in [0.717, 1.165) is 0 Å². The third-order valence-electron chi connectivity index (χ3n) is 1.48. The summed E-state index contributed by atoms with van der Waals surface area (Å²) in [6.45, 7) is 1.25. The van der Waals surface area contributed by atoms with E-state index in [-0.39, 0.29) is 23.0 Å². The fraction of sp³-hybridized carbons (Fsp3) is 0.125. The smallest absolute Gasteiger partial charge is 0.296 e. The van der Waals surface area contributed by atoms with Crippen molar-refractivity contribution in [2.24, 2.45) is 0 Å². The van der Waals surface area contributed by atoms with Gasteiger partial charge in [-0.25, -0.2) is 0 Å². The molecule has 84 valence electrons. The summed E-state index contributed by atoms with van der Waals surface area (Å²) >= 11 is 0. The molecule has 0 bridgehead atoms. The van der Waals surface area contributed by atoms with E-state index >= 15 is 0 Å². The summed E-state index contributed by atoms with van der Waals surface area (Å²) in [7, 11) is -4.29. The molecule has 0 spiro atoms. The van der Waals surface area contributed by atoms with Gasteiger partial charge < -0.3 is 5.32 Å². The molecular formula is C8H10ClNO4S. The first-order chi connectivity index (χ1) is 6.41. The molecule has 0 aliphatic carbocycles. The van der Waals surface area contributed by atoms with Crippen LogP contribution in [0.15, 0.2) is 29.2 Å². The highest BCUT2D eigenvalue weighted by Gasteiger charge is 2.14. The molecule has 7 heteroatoms. The Morgan fingerprint density at radius 3 is 2.33 bits per heavy atom. The van der Waals surface area contributed by atoms with Gasteiger partial charge in [-0.05, 0) is 12.1 Å². The maximum Gasteiger partial charge on any atom is 0.296 e. The van der Waals surface area contributed by atoms with Crippen molar-refractivity contribution < 1.29 is 17.8 Å². The second kappa shape index (κ2) is 5.11. The lowest BCUT2D eigenvalue weighted by atomic mass is 10.3. The van der Waals surface area contributed by atoms with Crippen LogP contribution in [-0.4, -0.2) is 18.9 Å². The van der Waals surface area contributed by atoms with Crippen LogP contribution >= 0.6 is 12.4 Å². The number of halogens is 1. The molecule has 0 aliphatic rings. The van der Waals surface area contributed by atoms with Gasteiger partial charge >= 0.3 is 0 Å². The van der Waals surface area contributed by atoms with Gasteiger partial charge in [0.1, 0.15) is 4.90 Å². The van der Waals surface area contributed by atoms with Crippen molar-refractivity contribution >= 4 is 34.1 Å². The predicted molar refractivity (Wildman–Crippen MR) is 57.8 cm³/mol. The summed E-state index contributed by atoms with van der Waals surface area (Å²) in [5.74, 6) is -0.402. The Bertz CT molecular complexity index is 457. The lowest BCUT2D eigenvalue weighted by Crippen LogP contribution is -2.10. The lowest BCUT2D eigenvalue weighted by Gasteiger charge is -2.06. The third kappa shape index (κ3) is 3.86. The van der Waals surface area contributed by atoms with Crippen LogP contribution in [0, 0.1) is 0 Å². The van der Waals surface area contributed by atoms with Gasteiger partial charge in [-0.1, -0.05) is 12.1 Å². The molecule has 15 heavy (non-hydrogen) atoms. The Kier molecular flexibility index (Phi) is 4.73. The topological polar surface area (TPSA) is 83.5 Å². The molecule has 0 heterocycles. The van der Waals surface area contributed by atoms with E-state index in [1.54, 1.807) is 6.07 Å². The maximum absolute atomic E-state index is 10.8. The Balaban J connectivity index is 0.00000196. The molecule has 1 amide bonds. The van der Waals surface area contributed by atoms with Gasteiger partial charge in [0.15, 0.2) is 0 Å². The Hall–Kier alpha value is -1.11. The van der Waals surface area contributed by atoms with E-state index in [9.17, 15) is 13.2 Å². The largest absolute Gasteiger partial charge is 0.325 e. The van der Waals surface area contributed by atoms with Gasteiger partial charge in [0.25, 0.3) is 10.1 Å². The number of carbonyl (C=O) groups excluding carboxylic acids is 1. The molecule has 1 aromatic rings. The van der Waals surface area contributed by atoms with Crippen molar-refractivity contribution in [3.05, 3.63) is 24.3 Å². The second-order valence-corrected chi connectivity index (χ2v) is 4.04. The zero-order chi connectivity index (χ0) is 10.8. The zero-order valence-corrected chi connectivity index (χ0v) is 9.43. The number of anilines is 1. The molecule has 0 saturated heterocycles. The summed E-state index contributed by atoms with van der Waals surface area (Å²) in [4.78, 5) is 10.4. The Morgan fingerprint density at radius 1 is 1.33 bits per heavy atom. The van der Waals surface area contributed by atoms with Crippen molar-refractivity contribution in [3.8, 4) is 0 Å². The van der Waals surface area contributed by atoms with E-state index in [1.165, 1.54) is 25.1 Å². The molecule has 0 aliphatic heterocycles. The summed E-state index contributed by atoms with van der Waals surface area (Å²) in [5.41, 5.74) is 0.0718. The zero-order valence-electron chi connectivity index (χ0n) is 7.80. The summed E-state index contributed by atoms with van der Waals surface area (Å²) in [6, 6.07) is 5.61. The Morgan fingerprint density at radius 2 is 1.87 bits per heavy atom. The summed E-state index contributed by atoms with van der Waals surface area (Å²) < 4.78 is 30.5. The number of rotatable bonds is 2. The molecular weight excluding hydrogens is 242 g/mol. The minimum atomic E-state index is -4.29. The van der Waals surface area contributed by atoms with Gasteiger partial charge in [0.2, 0.25) is 5.91 Å². The molecule has 5 nitrogen and oxygen atoms in total. The maximum atomic E-state index is 10.8. The van der Waals surface area contributed by atoms with Crippen LogP contribution in [0.5, 0.6) is 0 Å². The number of carbonyl (C=O) groups is 1. The van der Waals surface area contributed by atoms with E-state index < -0.39 is 16.0 Å². The highest BCUT2D eigenvalue weighted by atomic mass is 35.5. The quantitative estimate of drug-likeness (QED) is 0.777. The first-order valence-corrected chi connectivity index (χ1v) is 5.19. The van der Waals surface area contributed by atoms with E-state index in [0.29, 0.717) is 0 Å². The number of amides is 1. The monoisotopic (exact) mass is 251 g/mol. The van der Waals surface area contributed by atoms with E-state index in [1.807, 2.05) is 0 Å². The van der Waals surface area contributed by atoms with Crippen molar-refractivity contribution in [2.75, 3.05) is 5.32 Å². The van der Waals surface area contributed by atoms with Crippen molar-refractivity contribution in [1.29, 1.82) is 0 Å². The number of nitrogens with one attached hydrogen (secondary N) is 1. The van der Waals surface area contributed by atoms with Crippen LogP contribution in [0.25, 0.3) is 0 Å². The third-order valence-corrected chi connectivity index (χ3v) is 2.39. The molecule has 0 atom stereocenters. The van der Waals surface area contributed by atoms with Crippen LogP contribution < -0.4 is 5.32 Å². The fourth-order valence-electron chi connectivity index (χ4n) is 0.984. The highest BCUT2D eigenvalue weighted by Crippen LogP contribution is 2.19. The van der Waals surface area contributed by atoms with Gasteiger partial charge in [-0.15, -0.1) is 12.4 Å². The highest BCUT2D eigenvalue weighted by molar-refractivity contribution is 7.86. The van der Waals surface area contributed by atoms with Crippen molar-refractivity contribution in [3.63, 3.8) is 0 Å². The number of hydrogen-bond donors (Lipinski definition) is 2. The molecule has 0 unspecified atom stereocenters. The minimum absolute atomic E-state index is 0. The van der Waals surface area contributed by atoms with Crippen LogP contribution in [0.1, 0.15) is 6.92 Å². The molecule has 2 N–H and O–H groups in total. The molecule has 0 aromatic heterocycles. The van der Waals surface area contributed by atoms with Crippen LogP contribution in [0.3, 0.4) is 0 Å². The lowest BCUT2D eigenvalue weighted by molar-refractivity contribution is -0.114. The van der Waals surface area contributed by atoms with Gasteiger partial charge in [0.05, 0.1) is 5.69 Å². The molecule has 0 radical (unpaired) electrons. The van der Waals surface area contributed by atoms with Crippen molar-refractivity contribution in [2.45, 2.75) is 11.8 Å². The predicted octanol–water partition coefficient (Wildman–Crippen LogP) is 1.31. The Labute approximate surface area is 93.7 Å². The second-order valence-electron chi connectivity index (χ2n) is 2.65. The van der Waals surface area contributed by atoms with Crippen LogP contribution in [0.4, 0.5) is 5.69 Å². The van der Waals surface area contributed by atoms with E-state index in [2.05, 4.69) is 5.32 Å². The van der Waals surface area contributed by atoms with Crippen LogP contribution in [-0.2, 0) is 14.9 Å². The number of benzene rings is 1. The van der Waals surface area contributed by atoms with Gasteiger partial charge in [-0.2, -0.15) is 8.42 Å².